The number of likely N-dealkylation sites (tertiary alicyclic amines) is 2. The summed E-state index contributed by atoms with van der Waals surface area (Å²) >= 11 is 0. The predicted molar refractivity (Wildman–Crippen MR) is 115 cm³/mol. The minimum atomic E-state index is -0.135. The summed E-state index contributed by atoms with van der Waals surface area (Å²) in [5, 5.41) is 0. The molecule has 0 radical (unpaired) electrons. The van der Waals surface area contributed by atoms with Gasteiger partial charge in [0.25, 0.3) is 0 Å². The van der Waals surface area contributed by atoms with E-state index in [0.29, 0.717) is 11.8 Å². The summed E-state index contributed by atoms with van der Waals surface area (Å²) in [6, 6.07) is 5.51. The summed E-state index contributed by atoms with van der Waals surface area (Å²) < 4.78 is 14.3. The maximum Gasteiger partial charge on any atom is 0.223 e. The lowest BCUT2D eigenvalue weighted by molar-refractivity contribution is -0.136. The summed E-state index contributed by atoms with van der Waals surface area (Å²) in [4.78, 5) is 17.3. The lowest BCUT2D eigenvalue weighted by Gasteiger charge is -2.49. The van der Waals surface area contributed by atoms with Gasteiger partial charge >= 0.3 is 0 Å². The number of carbonyl (C=O) groups is 1. The Morgan fingerprint density at radius 1 is 1.10 bits per heavy atom. The van der Waals surface area contributed by atoms with Crippen molar-refractivity contribution in [2.75, 3.05) is 26.2 Å². The summed E-state index contributed by atoms with van der Waals surface area (Å²) in [6.45, 7) is 11.1. The van der Waals surface area contributed by atoms with Crippen LogP contribution in [-0.2, 0) is 10.2 Å². The third kappa shape index (κ3) is 4.38. The monoisotopic (exact) mass is 400 g/mol. The topological polar surface area (TPSA) is 23.6 Å². The first-order valence-corrected chi connectivity index (χ1v) is 11.6. The van der Waals surface area contributed by atoms with Gasteiger partial charge in [0.05, 0.1) is 6.04 Å². The Morgan fingerprint density at radius 2 is 1.86 bits per heavy atom. The van der Waals surface area contributed by atoms with Gasteiger partial charge in [0.1, 0.15) is 5.82 Å². The second-order valence-electron chi connectivity index (χ2n) is 10.8. The smallest absolute Gasteiger partial charge is 0.223 e. The molecule has 4 heteroatoms. The molecule has 0 aromatic heterocycles. The lowest BCUT2D eigenvalue weighted by atomic mass is 9.63. The minimum Gasteiger partial charge on any atom is -0.336 e. The molecule has 1 aromatic rings. The van der Waals surface area contributed by atoms with E-state index in [-0.39, 0.29) is 23.2 Å². The third-order valence-electron chi connectivity index (χ3n) is 7.57. The van der Waals surface area contributed by atoms with Gasteiger partial charge in [-0.3, -0.25) is 4.79 Å². The summed E-state index contributed by atoms with van der Waals surface area (Å²) in [6.07, 6.45) is 8.28. The predicted octanol–water partition coefficient (Wildman–Crippen LogP) is 5.44. The maximum atomic E-state index is 14.3. The standard InChI is InChI=1S/C25H37FN2O/c1-24(2,3)11-15-27-16-12-25(13-17-27)10-9-22(28-14-5-4-6-23(28)29)20-8-7-19(26)18-21(20)25/h7-8,18,22H,4-6,9-17H2,1-3H3/t22-/m1/s1. The molecule has 29 heavy (non-hydrogen) atoms. The quantitative estimate of drug-likeness (QED) is 0.674. The van der Waals surface area contributed by atoms with Crippen molar-refractivity contribution in [1.29, 1.82) is 0 Å². The fourth-order valence-corrected chi connectivity index (χ4v) is 5.68. The molecule has 0 saturated carbocycles. The minimum absolute atomic E-state index is 0.0883. The van der Waals surface area contributed by atoms with Crippen LogP contribution in [0.2, 0.25) is 0 Å². The van der Waals surface area contributed by atoms with Gasteiger partial charge in [0.15, 0.2) is 0 Å². The number of hydrogen-bond acceptors (Lipinski definition) is 2. The number of hydrogen-bond donors (Lipinski definition) is 0. The van der Waals surface area contributed by atoms with Gasteiger partial charge in [0, 0.05) is 13.0 Å². The van der Waals surface area contributed by atoms with Gasteiger partial charge in [-0.05, 0) is 98.7 Å². The largest absolute Gasteiger partial charge is 0.336 e. The molecule has 3 aliphatic rings. The number of nitrogens with zero attached hydrogens (tertiary/aromatic N) is 2. The van der Waals surface area contributed by atoms with Crippen LogP contribution in [-0.4, -0.2) is 41.9 Å². The van der Waals surface area contributed by atoms with E-state index in [9.17, 15) is 9.18 Å². The first-order valence-electron chi connectivity index (χ1n) is 11.6. The maximum absolute atomic E-state index is 14.3. The summed E-state index contributed by atoms with van der Waals surface area (Å²) in [5.74, 6) is 0.147. The van der Waals surface area contributed by atoms with Crippen LogP contribution < -0.4 is 0 Å². The van der Waals surface area contributed by atoms with Crippen molar-refractivity contribution in [2.45, 2.75) is 83.6 Å². The van der Waals surface area contributed by atoms with Crippen molar-refractivity contribution < 1.29 is 9.18 Å². The zero-order valence-electron chi connectivity index (χ0n) is 18.5. The highest BCUT2D eigenvalue weighted by Gasteiger charge is 2.44. The number of fused-ring (bicyclic) bond motifs is 2. The molecular formula is C25H37FN2O. The summed E-state index contributed by atoms with van der Waals surface area (Å²) in [5.41, 5.74) is 2.87. The van der Waals surface area contributed by atoms with Crippen LogP contribution in [0.25, 0.3) is 0 Å². The Balaban J connectivity index is 1.54. The molecule has 1 aromatic carbocycles. The van der Waals surface area contributed by atoms with Crippen LogP contribution in [0.5, 0.6) is 0 Å². The Hall–Kier alpha value is -1.42. The molecule has 0 N–H and O–H groups in total. The van der Waals surface area contributed by atoms with E-state index in [1.807, 2.05) is 6.07 Å². The van der Waals surface area contributed by atoms with Gasteiger partial charge in [-0.25, -0.2) is 4.39 Å². The highest BCUT2D eigenvalue weighted by atomic mass is 19.1. The van der Waals surface area contributed by atoms with Crippen molar-refractivity contribution >= 4 is 5.91 Å². The second-order valence-corrected chi connectivity index (χ2v) is 10.8. The lowest BCUT2D eigenvalue weighted by Crippen LogP contribution is -2.48. The Kier molecular flexibility index (Phi) is 5.76. The molecule has 3 nitrogen and oxygen atoms in total. The fourth-order valence-electron chi connectivity index (χ4n) is 5.68. The number of carbonyl (C=O) groups excluding carboxylic acids is 1. The molecule has 2 saturated heterocycles. The van der Waals surface area contributed by atoms with Crippen LogP contribution in [0.15, 0.2) is 18.2 Å². The normalized spacial score (nSPS) is 25.3. The molecule has 1 spiro atoms. The zero-order chi connectivity index (χ0) is 20.6. The van der Waals surface area contributed by atoms with Gasteiger partial charge in [-0.15, -0.1) is 0 Å². The first-order chi connectivity index (χ1) is 13.8. The van der Waals surface area contributed by atoms with E-state index >= 15 is 0 Å². The number of amides is 1. The second kappa shape index (κ2) is 8.02. The molecule has 1 atom stereocenters. The van der Waals surface area contributed by atoms with E-state index in [1.54, 1.807) is 12.1 Å². The van der Waals surface area contributed by atoms with E-state index in [4.69, 9.17) is 0 Å². The average molecular weight is 401 g/mol. The number of piperidine rings is 2. The van der Waals surface area contributed by atoms with E-state index < -0.39 is 0 Å². The third-order valence-corrected chi connectivity index (χ3v) is 7.57. The fraction of sp³-hybridized carbons (Fsp3) is 0.720. The van der Waals surface area contributed by atoms with Crippen molar-refractivity contribution in [1.82, 2.24) is 9.80 Å². The molecule has 1 aliphatic carbocycles. The molecule has 2 heterocycles. The summed E-state index contributed by atoms with van der Waals surface area (Å²) in [7, 11) is 0. The van der Waals surface area contributed by atoms with Crippen LogP contribution >= 0.6 is 0 Å². The van der Waals surface area contributed by atoms with Crippen molar-refractivity contribution in [3.8, 4) is 0 Å². The molecule has 0 bridgehead atoms. The average Bonchev–Trinajstić information content (AvgIpc) is 2.68. The molecule has 2 aliphatic heterocycles. The Bertz CT molecular complexity index is 746. The van der Waals surface area contributed by atoms with Crippen molar-refractivity contribution in [3.63, 3.8) is 0 Å². The number of halogens is 1. The van der Waals surface area contributed by atoms with Crippen LogP contribution in [0, 0.1) is 11.2 Å². The number of benzene rings is 1. The Morgan fingerprint density at radius 3 is 2.55 bits per heavy atom. The molecule has 4 rings (SSSR count). The SMILES string of the molecule is CC(C)(C)CCN1CCC2(CC[C@@H](N3CCCCC3=O)c3ccc(F)cc32)CC1. The van der Waals surface area contributed by atoms with Crippen molar-refractivity contribution in [3.05, 3.63) is 35.1 Å². The van der Waals surface area contributed by atoms with Crippen LogP contribution in [0.3, 0.4) is 0 Å². The van der Waals surface area contributed by atoms with Gasteiger partial charge < -0.3 is 9.80 Å². The molecule has 1 amide bonds. The zero-order valence-corrected chi connectivity index (χ0v) is 18.5. The molecule has 160 valence electrons. The van der Waals surface area contributed by atoms with Crippen molar-refractivity contribution in [2.24, 2.45) is 5.41 Å². The van der Waals surface area contributed by atoms with E-state index in [1.165, 1.54) is 17.5 Å². The van der Waals surface area contributed by atoms with Gasteiger partial charge in [-0.2, -0.15) is 0 Å². The van der Waals surface area contributed by atoms with Crippen LogP contribution in [0.1, 0.15) is 89.3 Å². The Labute approximate surface area is 175 Å². The molecular weight excluding hydrogens is 363 g/mol. The number of rotatable bonds is 3. The highest BCUT2D eigenvalue weighted by molar-refractivity contribution is 5.77. The molecule has 2 fully saturated rings. The van der Waals surface area contributed by atoms with Crippen LogP contribution in [0.4, 0.5) is 4.39 Å². The van der Waals surface area contributed by atoms with E-state index in [0.717, 1.165) is 64.7 Å². The van der Waals surface area contributed by atoms with Gasteiger partial charge in [-0.1, -0.05) is 26.8 Å². The van der Waals surface area contributed by atoms with E-state index in [2.05, 4.69) is 30.6 Å². The first kappa shape index (κ1) is 20.8. The molecule has 0 unspecified atom stereocenters. The highest BCUT2D eigenvalue weighted by Crippen LogP contribution is 2.50. The van der Waals surface area contributed by atoms with Gasteiger partial charge in [0.2, 0.25) is 5.91 Å².